The van der Waals surface area contributed by atoms with Gasteiger partial charge in [0, 0.05) is 17.6 Å². The van der Waals surface area contributed by atoms with E-state index in [2.05, 4.69) is 5.32 Å². The molecule has 9 nitrogen and oxygen atoms in total. The molecule has 0 heterocycles. The van der Waals surface area contributed by atoms with Gasteiger partial charge in [-0.2, -0.15) is 0 Å². The fraction of sp³-hybridized carbons (Fsp3) is 0.400. The topological polar surface area (TPSA) is 149 Å². The summed E-state index contributed by atoms with van der Waals surface area (Å²) in [6.07, 6.45) is -1.48. The van der Waals surface area contributed by atoms with Crippen molar-refractivity contribution < 1.29 is 39.1 Å². The summed E-state index contributed by atoms with van der Waals surface area (Å²) in [5.74, 6) is 0.760. The average Bonchev–Trinajstić information content (AvgIpc) is 2.70. The van der Waals surface area contributed by atoms with Gasteiger partial charge in [0.15, 0.2) is 6.35 Å². The normalized spacial score (nSPS) is 13.1. The molecule has 1 atom stereocenters. The predicted molar refractivity (Wildman–Crippen MR) is 111 cm³/mol. The Hall–Kier alpha value is -2.13. The van der Waals surface area contributed by atoms with Crippen LogP contribution < -0.4 is 14.8 Å². The molecule has 0 aliphatic carbocycles. The molecule has 0 aliphatic rings. The third-order valence-electron chi connectivity index (χ3n) is 4.42. The van der Waals surface area contributed by atoms with Gasteiger partial charge in [0.05, 0.1) is 6.61 Å². The van der Waals surface area contributed by atoms with E-state index in [1.54, 1.807) is 30.3 Å². The molecular weight excluding hydrogens is 413 g/mol. The number of nitrogens with one attached hydrogen (secondary N) is 1. The number of phenols is 1. The lowest BCUT2D eigenvalue weighted by Crippen LogP contribution is -2.42. The van der Waals surface area contributed by atoms with Crippen molar-refractivity contribution in [2.75, 3.05) is 19.5 Å². The highest BCUT2D eigenvalue weighted by Crippen LogP contribution is 2.34. The second-order valence-electron chi connectivity index (χ2n) is 7.38. The molecule has 0 aliphatic heterocycles. The molecular formula is C20H28NO8P. The zero-order chi connectivity index (χ0) is 22.4. The molecule has 10 heteroatoms. The van der Waals surface area contributed by atoms with Crippen LogP contribution in [0.15, 0.2) is 42.5 Å². The Morgan fingerprint density at radius 1 is 1.07 bits per heavy atom. The summed E-state index contributed by atoms with van der Waals surface area (Å²) in [6, 6.07) is 11.3. The van der Waals surface area contributed by atoms with Crippen LogP contribution in [-0.4, -0.2) is 50.7 Å². The quantitative estimate of drug-likeness (QED) is 0.286. The molecule has 6 N–H and O–H groups in total. The molecule has 2 rings (SSSR count). The minimum Gasteiger partial charge on any atom is -0.508 e. The number of aliphatic hydroxyl groups excluding tert-OH is 2. The molecule has 0 bridgehead atoms. The van der Waals surface area contributed by atoms with Gasteiger partial charge in [0.2, 0.25) is 0 Å². The van der Waals surface area contributed by atoms with Crippen LogP contribution in [0.1, 0.15) is 25.0 Å². The van der Waals surface area contributed by atoms with Crippen molar-refractivity contribution in [3.63, 3.8) is 0 Å². The summed E-state index contributed by atoms with van der Waals surface area (Å²) in [5.41, 5.74) is 0.741. The van der Waals surface area contributed by atoms with Crippen LogP contribution in [-0.2, 0) is 16.7 Å². The zero-order valence-electron chi connectivity index (χ0n) is 16.9. The summed E-state index contributed by atoms with van der Waals surface area (Å²) in [5, 5.41) is 32.2. The average molecular weight is 441 g/mol. The van der Waals surface area contributed by atoms with Gasteiger partial charge in [-0.25, -0.2) is 0 Å². The molecule has 0 saturated carbocycles. The Balaban J connectivity index is 1.85. The first-order valence-corrected chi connectivity index (χ1v) is 11.1. The van der Waals surface area contributed by atoms with E-state index < -0.39 is 25.6 Å². The Morgan fingerprint density at radius 3 is 2.30 bits per heavy atom. The minimum absolute atomic E-state index is 0.0213. The van der Waals surface area contributed by atoms with Gasteiger partial charge in [-0.15, -0.1) is 0 Å². The van der Waals surface area contributed by atoms with Gasteiger partial charge < -0.3 is 39.9 Å². The Bertz CT molecular complexity index is 866. The van der Waals surface area contributed by atoms with Crippen molar-refractivity contribution in [1.82, 2.24) is 5.32 Å². The molecule has 0 saturated heterocycles. The molecule has 0 fully saturated rings. The van der Waals surface area contributed by atoms with Crippen molar-refractivity contribution >= 4 is 7.60 Å². The van der Waals surface area contributed by atoms with Gasteiger partial charge in [0.1, 0.15) is 30.0 Å². The highest BCUT2D eigenvalue weighted by Gasteiger charge is 2.22. The first-order valence-electron chi connectivity index (χ1n) is 9.27. The monoisotopic (exact) mass is 441 g/mol. The lowest BCUT2D eigenvalue weighted by Gasteiger charge is -2.28. The molecule has 0 radical (unpaired) electrons. The van der Waals surface area contributed by atoms with E-state index in [0.717, 1.165) is 5.56 Å². The van der Waals surface area contributed by atoms with E-state index in [0.29, 0.717) is 17.1 Å². The van der Waals surface area contributed by atoms with Gasteiger partial charge >= 0.3 is 7.60 Å². The second kappa shape index (κ2) is 10.3. The van der Waals surface area contributed by atoms with Crippen molar-refractivity contribution in [3.8, 4) is 17.2 Å². The standard InChI is InChI=1S/C20H28NO8P/c1-20(2,15-3-5-17(6-4-15)29-13-30(25,26)27)21-10-16(23)12-28-18-7-8-19(24)14(9-18)11-22/h3-9,16,21-24H,10-13H2,1-2H3,(H2,25,26,27). The number of hydrogen-bond donors (Lipinski definition) is 6. The maximum atomic E-state index is 10.9. The molecule has 2 aromatic rings. The van der Waals surface area contributed by atoms with Crippen LogP contribution in [0.2, 0.25) is 0 Å². The van der Waals surface area contributed by atoms with Crippen molar-refractivity contribution in [3.05, 3.63) is 53.6 Å². The van der Waals surface area contributed by atoms with E-state index in [1.807, 2.05) is 13.8 Å². The maximum absolute atomic E-state index is 10.9. The van der Waals surface area contributed by atoms with Crippen LogP contribution >= 0.6 is 7.60 Å². The van der Waals surface area contributed by atoms with Crippen LogP contribution in [0.3, 0.4) is 0 Å². The lowest BCUT2D eigenvalue weighted by atomic mass is 9.94. The SMILES string of the molecule is CC(C)(NCC(O)COc1ccc(O)c(CO)c1)c1ccc(OCP(=O)(O)O)cc1. The van der Waals surface area contributed by atoms with Gasteiger partial charge in [0.25, 0.3) is 0 Å². The largest absolute Gasteiger partial charge is 0.508 e. The zero-order valence-corrected chi connectivity index (χ0v) is 17.7. The molecule has 1 unspecified atom stereocenters. The van der Waals surface area contributed by atoms with Crippen molar-refractivity contribution in [2.45, 2.75) is 32.1 Å². The van der Waals surface area contributed by atoms with Gasteiger partial charge in [-0.1, -0.05) is 12.1 Å². The fourth-order valence-corrected chi connectivity index (χ4v) is 2.95. The van der Waals surface area contributed by atoms with Gasteiger partial charge in [-0.05, 0) is 49.7 Å². The third kappa shape index (κ3) is 7.60. The van der Waals surface area contributed by atoms with E-state index in [1.165, 1.54) is 12.1 Å². The summed E-state index contributed by atoms with van der Waals surface area (Å²) in [7, 11) is -4.23. The summed E-state index contributed by atoms with van der Waals surface area (Å²) < 4.78 is 21.5. The molecule has 0 spiro atoms. The van der Waals surface area contributed by atoms with Crippen LogP contribution in [0.5, 0.6) is 17.2 Å². The first kappa shape index (κ1) is 24.1. The molecule has 0 aromatic heterocycles. The first-order chi connectivity index (χ1) is 14.0. The highest BCUT2D eigenvalue weighted by molar-refractivity contribution is 7.51. The number of benzene rings is 2. The minimum atomic E-state index is -4.23. The summed E-state index contributed by atoms with van der Waals surface area (Å²) >= 11 is 0. The van der Waals surface area contributed by atoms with Crippen LogP contribution in [0.25, 0.3) is 0 Å². The van der Waals surface area contributed by atoms with E-state index >= 15 is 0 Å². The number of aromatic hydroxyl groups is 1. The fourth-order valence-electron chi connectivity index (χ4n) is 2.63. The third-order valence-corrected chi connectivity index (χ3v) is 4.88. The highest BCUT2D eigenvalue weighted by atomic mass is 31.2. The summed E-state index contributed by atoms with van der Waals surface area (Å²) in [6.45, 7) is 3.81. The van der Waals surface area contributed by atoms with Gasteiger partial charge in [-0.3, -0.25) is 4.57 Å². The predicted octanol–water partition coefficient (Wildman–Crippen LogP) is 1.66. The van der Waals surface area contributed by atoms with E-state index in [-0.39, 0.29) is 25.5 Å². The number of ether oxygens (including phenoxy) is 2. The number of rotatable bonds is 11. The summed E-state index contributed by atoms with van der Waals surface area (Å²) in [4.78, 5) is 17.7. The molecule has 0 amide bonds. The Morgan fingerprint density at radius 2 is 1.70 bits per heavy atom. The maximum Gasteiger partial charge on any atom is 0.362 e. The Kier molecular flexibility index (Phi) is 8.25. The van der Waals surface area contributed by atoms with E-state index in [9.17, 15) is 14.8 Å². The van der Waals surface area contributed by atoms with Crippen molar-refractivity contribution in [1.29, 1.82) is 0 Å². The molecule has 166 valence electrons. The second-order valence-corrected chi connectivity index (χ2v) is 8.97. The molecule has 2 aromatic carbocycles. The van der Waals surface area contributed by atoms with E-state index in [4.69, 9.17) is 24.4 Å². The molecule has 30 heavy (non-hydrogen) atoms. The van der Waals surface area contributed by atoms with Crippen molar-refractivity contribution in [2.24, 2.45) is 0 Å². The number of hydrogen-bond acceptors (Lipinski definition) is 7. The van der Waals surface area contributed by atoms with Crippen LogP contribution in [0, 0.1) is 0 Å². The Labute approximate surface area is 175 Å². The van der Waals surface area contributed by atoms with Crippen LogP contribution in [0.4, 0.5) is 0 Å². The number of aliphatic hydroxyl groups is 2. The lowest BCUT2D eigenvalue weighted by molar-refractivity contribution is 0.0986. The smallest absolute Gasteiger partial charge is 0.362 e.